The zero-order valence-electron chi connectivity index (χ0n) is 18.4. The maximum atomic E-state index is 12.9. The summed E-state index contributed by atoms with van der Waals surface area (Å²) in [5.41, 5.74) is 0.682. The molecule has 2 amide bonds. The van der Waals surface area contributed by atoms with E-state index < -0.39 is 11.9 Å². The van der Waals surface area contributed by atoms with Crippen LogP contribution in [0.1, 0.15) is 46.4 Å². The Hall–Kier alpha value is -3.07. The summed E-state index contributed by atoms with van der Waals surface area (Å²) in [7, 11) is 1.54. The van der Waals surface area contributed by atoms with E-state index in [0.717, 1.165) is 11.3 Å². The van der Waals surface area contributed by atoms with Crippen molar-refractivity contribution in [2.45, 2.75) is 27.7 Å². The zero-order chi connectivity index (χ0) is 23.0. The maximum absolute atomic E-state index is 12.9. The molecule has 0 unspecified atom stereocenters. The SMILES string of the molecule is CCOC(=O)c1c(NC(=O)COc2cccc(OC)c2)sc(C(=O)N(CC)CC)c1C. The van der Waals surface area contributed by atoms with Crippen molar-refractivity contribution in [3.63, 3.8) is 0 Å². The van der Waals surface area contributed by atoms with Gasteiger partial charge in [0.15, 0.2) is 6.61 Å². The van der Waals surface area contributed by atoms with Crippen LogP contribution in [0, 0.1) is 6.92 Å². The summed E-state index contributed by atoms with van der Waals surface area (Å²) in [6.45, 7) is 8.13. The van der Waals surface area contributed by atoms with E-state index in [4.69, 9.17) is 14.2 Å². The van der Waals surface area contributed by atoms with Gasteiger partial charge in [0.2, 0.25) is 0 Å². The van der Waals surface area contributed by atoms with Crippen LogP contribution in [0.5, 0.6) is 11.5 Å². The summed E-state index contributed by atoms with van der Waals surface area (Å²) in [5, 5.41) is 2.96. The Morgan fingerprint density at radius 3 is 2.39 bits per heavy atom. The second-order valence-corrected chi connectivity index (χ2v) is 7.49. The van der Waals surface area contributed by atoms with Crippen LogP contribution in [0.2, 0.25) is 0 Å². The van der Waals surface area contributed by atoms with E-state index in [1.807, 2.05) is 13.8 Å². The number of hydrogen-bond donors (Lipinski definition) is 1. The minimum Gasteiger partial charge on any atom is -0.497 e. The van der Waals surface area contributed by atoms with Gasteiger partial charge in [0.05, 0.1) is 24.2 Å². The van der Waals surface area contributed by atoms with Crippen LogP contribution in [0.4, 0.5) is 5.00 Å². The number of amides is 2. The first-order valence-corrected chi connectivity index (χ1v) is 10.8. The number of thiophene rings is 1. The van der Waals surface area contributed by atoms with Gasteiger partial charge in [-0.05, 0) is 45.4 Å². The van der Waals surface area contributed by atoms with Gasteiger partial charge in [-0.1, -0.05) is 6.07 Å². The van der Waals surface area contributed by atoms with Crippen molar-refractivity contribution >= 4 is 34.1 Å². The van der Waals surface area contributed by atoms with Crippen LogP contribution in [-0.4, -0.2) is 56.1 Å². The molecule has 2 rings (SSSR count). The highest BCUT2D eigenvalue weighted by molar-refractivity contribution is 7.18. The van der Waals surface area contributed by atoms with Crippen molar-refractivity contribution in [3.8, 4) is 11.5 Å². The first-order valence-electron chi connectivity index (χ1n) is 10.0. The molecule has 0 aliphatic carbocycles. The number of methoxy groups -OCH3 is 1. The third kappa shape index (κ3) is 5.97. The highest BCUT2D eigenvalue weighted by Gasteiger charge is 2.28. The Labute approximate surface area is 186 Å². The summed E-state index contributed by atoms with van der Waals surface area (Å²) in [6.07, 6.45) is 0. The van der Waals surface area contributed by atoms with Gasteiger partial charge in [-0.2, -0.15) is 0 Å². The number of hydrogen-bond acceptors (Lipinski definition) is 7. The molecule has 168 valence electrons. The second kappa shape index (κ2) is 11.4. The van der Waals surface area contributed by atoms with Gasteiger partial charge in [0.25, 0.3) is 11.8 Å². The highest BCUT2D eigenvalue weighted by atomic mass is 32.1. The van der Waals surface area contributed by atoms with Crippen molar-refractivity contribution in [2.75, 3.05) is 38.7 Å². The molecule has 9 heteroatoms. The lowest BCUT2D eigenvalue weighted by molar-refractivity contribution is -0.118. The fourth-order valence-corrected chi connectivity index (χ4v) is 4.09. The molecule has 0 radical (unpaired) electrons. The monoisotopic (exact) mass is 448 g/mol. The highest BCUT2D eigenvalue weighted by Crippen LogP contribution is 2.34. The van der Waals surface area contributed by atoms with E-state index >= 15 is 0 Å². The summed E-state index contributed by atoms with van der Waals surface area (Å²) >= 11 is 1.06. The minimum atomic E-state index is -0.584. The fraction of sp³-hybridized carbons (Fsp3) is 0.409. The predicted molar refractivity (Wildman–Crippen MR) is 119 cm³/mol. The van der Waals surface area contributed by atoms with Crippen molar-refractivity contribution in [1.29, 1.82) is 0 Å². The molecule has 8 nitrogen and oxygen atoms in total. The lowest BCUT2D eigenvalue weighted by Gasteiger charge is -2.18. The van der Waals surface area contributed by atoms with Gasteiger partial charge in [-0.15, -0.1) is 11.3 Å². The van der Waals surface area contributed by atoms with E-state index in [0.29, 0.717) is 35.0 Å². The van der Waals surface area contributed by atoms with Crippen LogP contribution in [0.15, 0.2) is 24.3 Å². The molecule has 0 saturated carbocycles. The smallest absolute Gasteiger partial charge is 0.341 e. The molecule has 2 aromatic rings. The van der Waals surface area contributed by atoms with Crippen molar-refractivity contribution in [1.82, 2.24) is 4.90 Å². The first-order chi connectivity index (χ1) is 14.9. The molecule has 0 saturated heterocycles. The Kier molecular flexibility index (Phi) is 8.87. The number of esters is 1. The fourth-order valence-electron chi connectivity index (χ4n) is 2.91. The van der Waals surface area contributed by atoms with E-state index in [9.17, 15) is 14.4 Å². The van der Waals surface area contributed by atoms with E-state index in [2.05, 4.69) is 5.32 Å². The molecule has 1 heterocycles. The summed E-state index contributed by atoms with van der Waals surface area (Å²) in [6, 6.07) is 6.88. The number of benzene rings is 1. The quantitative estimate of drug-likeness (QED) is 0.557. The third-order valence-corrected chi connectivity index (χ3v) is 5.73. The minimum absolute atomic E-state index is 0.180. The molecule has 0 bridgehead atoms. The number of nitrogens with zero attached hydrogens (tertiary/aromatic N) is 1. The topological polar surface area (TPSA) is 94.2 Å². The van der Waals surface area contributed by atoms with Gasteiger partial charge < -0.3 is 24.4 Å². The molecular weight excluding hydrogens is 420 g/mol. The standard InChI is InChI=1S/C22H28N2O6S/c1-6-24(7-2)21(26)19-14(4)18(22(27)29-8-3)20(31-19)23-17(25)13-30-16-11-9-10-15(12-16)28-5/h9-12H,6-8,13H2,1-5H3,(H,23,25). The van der Waals surface area contributed by atoms with Crippen LogP contribution in [0.3, 0.4) is 0 Å². The van der Waals surface area contributed by atoms with Gasteiger partial charge in [0.1, 0.15) is 16.5 Å². The lowest BCUT2D eigenvalue weighted by Crippen LogP contribution is -2.30. The number of anilines is 1. The van der Waals surface area contributed by atoms with Gasteiger partial charge in [-0.3, -0.25) is 9.59 Å². The van der Waals surface area contributed by atoms with Crippen LogP contribution in [0.25, 0.3) is 0 Å². The number of nitrogens with one attached hydrogen (secondary N) is 1. The molecule has 0 aliphatic heterocycles. The molecule has 0 fully saturated rings. The Morgan fingerprint density at radius 1 is 1.10 bits per heavy atom. The van der Waals surface area contributed by atoms with Crippen molar-refractivity contribution in [3.05, 3.63) is 40.3 Å². The average molecular weight is 449 g/mol. The van der Waals surface area contributed by atoms with Crippen LogP contribution in [-0.2, 0) is 9.53 Å². The maximum Gasteiger partial charge on any atom is 0.341 e. The van der Waals surface area contributed by atoms with Crippen LogP contribution < -0.4 is 14.8 Å². The van der Waals surface area contributed by atoms with Gasteiger partial charge in [-0.25, -0.2) is 4.79 Å². The molecule has 0 aliphatic rings. The number of carbonyl (C=O) groups excluding carboxylic acids is 3. The summed E-state index contributed by atoms with van der Waals surface area (Å²) in [5.74, 6) is -0.155. The van der Waals surface area contributed by atoms with Crippen molar-refractivity contribution in [2.24, 2.45) is 0 Å². The van der Waals surface area contributed by atoms with Gasteiger partial charge in [0, 0.05) is 19.2 Å². The van der Waals surface area contributed by atoms with E-state index in [-0.39, 0.29) is 29.7 Å². The molecular formula is C22H28N2O6S. The van der Waals surface area contributed by atoms with Crippen molar-refractivity contribution < 1.29 is 28.6 Å². The Balaban J connectivity index is 2.24. The third-order valence-electron chi connectivity index (χ3n) is 4.54. The zero-order valence-corrected chi connectivity index (χ0v) is 19.3. The molecule has 0 spiro atoms. The lowest BCUT2D eigenvalue weighted by atomic mass is 10.1. The summed E-state index contributed by atoms with van der Waals surface area (Å²) < 4.78 is 15.8. The van der Waals surface area contributed by atoms with Crippen LogP contribution >= 0.6 is 11.3 Å². The van der Waals surface area contributed by atoms with E-state index in [1.54, 1.807) is 50.1 Å². The molecule has 0 atom stereocenters. The number of rotatable bonds is 10. The Morgan fingerprint density at radius 2 is 1.77 bits per heavy atom. The van der Waals surface area contributed by atoms with E-state index in [1.165, 1.54) is 0 Å². The molecule has 1 aromatic heterocycles. The second-order valence-electron chi connectivity index (χ2n) is 6.47. The summed E-state index contributed by atoms with van der Waals surface area (Å²) in [4.78, 5) is 39.9. The van der Waals surface area contributed by atoms with Gasteiger partial charge >= 0.3 is 5.97 Å². The predicted octanol–water partition coefficient (Wildman–Crippen LogP) is 3.74. The first kappa shape index (κ1) is 24.2. The normalized spacial score (nSPS) is 10.4. The molecule has 1 N–H and O–H groups in total. The average Bonchev–Trinajstić information content (AvgIpc) is 3.09. The number of ether oxygens (including phenoxy) is 3. The Bertz CT molecular complexity index is 936. The number of carbonyl (C=O) groups is 3. The molecule has 31 heavy (non-hydrogen) atoms. The largest absolute Gasteiger partial charge is 0.497 e. The molecule has 1 aromatic carbocycles.